The molecule has 4 aromatic rings. The van der Waals surface area contributed by atoms with Gasteiger partial charge in [0.25, 0.3) is 0 Å². The van der Waals surface area contributed by atoms with E-state index in [1.54, 1.807) is 40.7 Å². The zero-order chi connectivity index (χ0) is 31.8. The molecule has 0 aliphatic carbocycles. The molecule has 0 aromatic heterocycles. The highest BCUT2D eigenvalue weighted by molar-refractivity contribution is 7.89. The summed E-state index contributed by atoms with van der Waals surface area (Å²) in [7, 11) is -8.10. The number of halogens is 1. The first kappa shape index (κ1) is 31.5. The molecule has 0 saturated carbocycles. The summed E-state index contributed by atoms with van der Waals surface area (Å²) in [6.07, 6.45) is 0.472. The Hall–Kier alpha value is -3.47. The van der Waals surface area contributed by atoms with Gasteiger partial charge in [-0.2, -0.15) is 8.61 Å². The lowest BCUT2D eigenvalue weighted by Gasteiger charge is -2.49. The number of aryl methyl sites for hydroxylation is 1. The number of piperidine rings is 1. The van der Waals surface area contributed by atoms with Crippen molar-refractivity contribution in [2.75, 3.05) is 13.2 Å². The zero-order valence-electron chi connectivity index (χ0n) is 25.1. The van der Waals surface area contributed by atoms with Crippen LogP contribution in [0.3, 0.4) is 0 Å². The fourth-order valence-electron chi connectivity index (χ4n) is 6.43. The fourth-order valence-corrected chi connectivity index (χ4v) is 10.1. The van der Waals surface area contributed by atoms with E-state index in [9.17, 15) is 16.8 Å². The number of nitrogens with zero attached hydrogens (tertiary/aromatic N) is 2. The molecule has 7 nitrogen and oxygen atoms in total. The molecule has 45 heavy (non-hydrogen) atoms. The van der Waals surface area contributed by atoms with Crippen LogP contribution in [-0.2, 0) is 24.8 Å². The Balaban J connectivity index is 1.56. The van der Waals surface area contributed by atoms with Gasteiger partial charge in [0, 0.05) is 23.6 Å². The van der Waals surface area contributed by atoms with Gasteiger partial charge in [0.05, 0.1) is 40.3 Å². The molecule has 0 N–H and O–H groups in total. The van der Waals surface area contributed by atoms with Gasteiger partial charge in [-0.15, -0.1) is 0 Å². The van der Waals surface area contributed by atoms with Crippen LogP contribution >= 0.6 is 11.6 Å². The Morgan fingerprint density at radius 2 is 1.36 bits per heavy atom. The van der Waals surface area contributed by atoms with Crippen LogP contribution in [0.4, 0.5) is 0 Å². The van der Waals surface area contributed by atoms with Crippen molar-refractivity contribution in [1.82, 2.24) is 8.61 Å². The smallest absolute Gasteiger partial charge is 0.244 e. The molecular formula is C35H35ClN2O5S2. The topological polar surface area (TPSA) is 84.0 Å². The summed E-state index contributed by atoms with van der Waals surface area (Å²) < 4.78 is 67.4. The van der Waals surface area contributed by atoms with Crippen LogP contribution in [0.2, 0.25) is 5.02 Å². The second kappa shape index (κ2) is 12.7. The summed E-state index contributed by atoms with van der Waals surface area (Å²) in [5.41, 5.74) is 3.22. The monoisotopic (exact) mass is 662 g/mol. The first-order valence-corrected chi connectivity index (χ1v) is 18.2. The molecule has 0 spiro atoms. The molecule has 0 bridgehead atoms. The maximum absolute atomic E-state index is 14.7. The number of benzene rings is 4. The minimum Gasteiger partial charge on any atom is -0.498 e. The van der Waals surface area contributed by atoms with Crippen molar-refractivity contribution >= 4 is 31.6 Å². The molecule has 10 heteroatoms. The van der Waals surface area contributed by atoms with Gasteiger partial charge in [-0.05, 0) is 61.7 Å². The molecule has 1 saturated heterocycles. The van der Waals surface area contributed by atoms with E-state index < -0.39 is 38.2 Å². The van der Waals surface area contributed by atoms with Gasteiger partial charge in [-0.3, -0.25) is 0 Å². The van der Waals surface area contributed by atoms with Crippen LogP contribution in [0.1, 0.15) is 48.5 Å². The Morgan fingerprint density at radius 1 is 0.733 bits per heavy atom. The van der Waals surface area contributed by atoms with Crippen molar-refractivity contribution in [3.63, 3.8) is 0 Å². The predicted octanol–water partition coefficient (Wildman–Crippen LogP) is 7.28. The maximum Gasteiger partial charge on any atom is 0.244 e. The van der Waals surface area contributed by atoms with E-state index in [1.807, 2.05) is 74.5 Å². The molecule has 2 heterocycles. The number of ether oxygens (including phenoxy) is 1. The first-order valence-electron chi connectivity index (χ1n) is 14.9. The third kappa shape index (κ3) is 6.07. The van der Waals surface area contributed by atoms with E-state index in [0.717, 1.165) is 16.7 Å². The van der Waals surface area contributed by atoms with E-state index in [2.05, 4.69) is 0 Å². The molecule has 234 valence electrons. The summed E-state index contributed by atoms with van der Waals surface area (Å²) >= 11 is 6.24. The number of fused-ring (bicyclic) bond motifs is 1. The minimum atomic E-state index is -4.06. The zero-order valence-corrected chi connectivity index (χ0v) is 27.5. The molecule has 0 amide bonds. The number of sulfonamides is 2. The van der Waals surface area contributed by atoms with Crippen LogP contribution in [0.15, 0.2) is 130 Å². The summed E-state index contributed by atoms with van der Waals surface area (Å²) in [6, 6.07) is 30.2. The number of hydrogen-bond donors (Lipinski definition) is 0. The third-order valence-electron chi connectivity index (χ3n) is 8.56. The highest BCUT2D eigenvalue weighted by atomic mass is 35.5. The van der Waals surface area contributed by atoms with Gasteiger partial charge < -0.3 is 4.74 Å². The van der Waals surface area contributed by atoms with Gasteiger partial charge >= 0.3 is 0 Å². The average Bonchev–Trinajstić information content (AvgIpc) is 3.05. The van der Waals surface area contributed by atoms with Crippen molar-refractivity contribution in [3.8, 4) is 0 Å². The normalized spacial score (nSPS) is 21.4. The summed E-state index contributed by atoms with van der Waals surface area (Å²) in [6.45, 7) is 4.13. The quantitative estimate of drug-likeness (QED) is 0.198. The van der Waals surface area contributed by atoms with Crippen molar-refractivity contribution in [3.05, 3.63) is 142 Å². The summed E-state index contributed by atoms with van der Waals surface area (Å²) in [5.74, 6) is 0.629. The molecule has 1 fully saturated rings. The van der Waals surface area contributed by atoms with Crippen molar-refractivity contribution in [2.24, 2.45) is 0 Å². The van der Waals surface area contributed by atoms with E-state index in [4.69, 9.17) is 16.3 Å². The van der Waals surface area contributed by atoms with Crippen LogP contribution < -0.4 is 0 Å². The summed E-state index contributed by atoms with van der Waals surface area (Å²) in [4.78, 5) is 0.272. The lowest BCUT2D eigenvalue weighted by atomic mass is 9.84. The van der Waals surface area contributed by atoms with Crippen molar-refractivity contribution in [2.45, 2.75) is 54.6 Å². The highest BCUT2D eigenvalue weighted by Crippen LogP contribution is 2.49. The molecule has 3 atom stereocenters. The third-order valence-corrected chi connectivity index (χ3v) is 12.6. The Bertz CT molecular complexity index is 1920. The van der Waals surface area contributed by atoms with Crippen LogP contribution in [0.5, 0.6) is 0 Å². The molecule has 2 unspecified atom stereocenters. The van der Waals surface area contributed by atoms with Gasteiger partial charge in [-0.25, -0.2) is 16.8 Å². The standard InChI is InChI=1S/C35H35ClN2O5S2/c1-3-43-35-23-33(27-13-8-5-9-14-27)38(45(41,42)29-19-17-25(2)18-20-29)34-22-32(26-11-6-4-7-12-26)37(24-31(34)35)44(39,40)30-16-10-15-28(36)21-30/h4-21,32-34H,3,22-24H2,1-2H3/t32?,33?,34-/m0/s1. The molecular weight excluding hydrogens is 628 g/mol. The van der Waals surface area contributed by atoms with E-state index >= 15 is 0 Å². The largest absolute Gasteiger partial charge is 0.498 e. The van der Waals surface area contributed by atoms with E-state index in [0.29, 0.717) is 23.0 Å². The van der Waals surface area contributed by atoms with Gasteiger partial charge in [0.2, 0.25) is 20.0 Å². The van der Waals surface area contributed by atoms with Crippen LogP contribution in [-0.4, -0.2) is 44.6 Å². The minimum absolute atomic E-state index is 0.0319. The van der Waals surface area contributed by atoms with Crippen molar-refractivity contribution < 1.29 is 21.6 Å². The first-order chi connectivity index (χ1) is 21.6. The van der Waals surface area contributed by atoms with Gasteiger partial charge in [-0.1, -0.05) is 96.0 Å². The SMILES string of the molecule is CCOC1=C2CN(S(=O)(=O)c3cccc(Cl)c3)C(c3ccccc3)C[C@@H]2N(S(=O)(=O)c2ccc(C)cc2)C(c2ccccc2)C1. The Morgan fingerprint density at radius 3 is 1.96 bits per heavy atom. The van der Waals surface area contributed by atoms with Crippen LogP contribution in [0.25, 0.3) is 0 Å². The Labute approximate surface area is 270 Å². The molecule has 2 aliphatic rings. The molecule has 2 aliphatic heterocycles. The number of rotatable bonds is 8. The summed E-state index contributed by atoms with van der Waals surface area (Å²) in [5, 5.41) is 0.315. The van der Waals surface area contributed by atoms with Crippen molar-refractivity contribution in [1.29, 1.82) is 0 Å². The van der Waals surface area contributed by atoms with E-state index in [1.165, 1.54) is 16.4 Å². The average molecular weight is 663 g/mol. The van der Waals surface area contributed by atoms with Gasteiger partial charge in [0.15, 0.2) is 0 Å². The highest BCUT2D eigenvalue weighted by Gasteiger charge is 2.51. The second-order valence-electron chi connectivity index (χ2n) is 11.3. The second-order valence-corrected chi connectivity index (χ2v) is 15.5. The fraction of sp³-hybridized carbons (Fsp3) is 0.257. The number of hydrogen-bond acceptors (Lipinski definition) is 5. The maximum atomic E-state index is 14.7. The van der Waals surface area contributed by atoms with Gasteiger partial charge in [0.1, 0.15) is 0 Å². The molecule has 6 rings (SSSR count). The lowest BCUT2D eigenvalue weighted by molar-refractivity contribution is 0.118. The lowest BCUT2D eigenvalue weighted by Crippen LogP contribution is -2.54. The van der Waals surface area contributed by atoms with E-state index in [-0.39, 0.29) is 29.2 Å². The molecule has 0 radical (unpaired) electrons. The molecule has 4 aromatic carbocycles. The Kier molecular flexibility index (Phi) is 8.91. The van der Waals surface area contributed by atoms with Crippen LogP contribution in [0, 0.1) is 6.92 Å². The predicted molar refractivity (Wildman–Crippen MR) is 176 cm³/mol.